The summed E-state index contributed by atoms with van der Waals surface area (Å²) in [5.41, 5.74) is 5.78. The summed E-state index contributed by atoms with van der Waals surface area (Å²) in [5, 5.41) is 11.6. The van der Waals surface area contributed by atoms with Crippen LogP contribution in [0.2, 0.25) is 0 Å². The van der Waals surface area contributed by atoms with E-state index in [1.54, 1.807) is 4.90 Å². The molecule has 0 radical (unpaired) electrons. The van der Waals surface area contributed by atoms with Crippen LogP contribution in [0.1, 0.15) is 39.0 Å². The highest BCUT2D eigenvalue weighted by atomic mass is 16.4. The van der Waals surface area contributed by atoms with Gasteiger partial charge in [0.2, 0.25) is 0 Å². The van der Waals surface area contributed by atoms with E-state index >= 15 is 0 Å². The summed E-state index contributed by atoms with van der Waals surface area (Å²) in [7, 11) is 0. The lowest BCUT2D eigenvalue weighted by Gasteiger charge is -2.31. The minimum atomic E-state index is -0.880. The number of rotatable bonds is 5. The van der Waals surface area contributed by atoms with E-state index in [2.05, 4.69) is 5.32 Å². The zero-order valence-electron chi connectivity index (χ0n) is 10.9. The number of carbonyl (C=O) groups is 2. The van der Waals surface area contributed by atoms with Gasteiger partial charge in [-0.05, 0) is 19.3 Å². The molecule has 1 unspecified atom stereocenters. The first kappa shape index (κ1) is 14.8. The van der Waals surface area contributed by atoms with Crippen LogP contribution in [0.4, 0.5) is 4.79 Å². The largest absolute Gasteiger partial charge is 0.481 e. The van der Waals surface area contributed by atoms with E-state index in [9.17, 15) is 9.59 Å². The Bertz CT molecular complexity index is 288. The van der Waals surface area contributed by atoms with Crippen molar-refractivity contribution in [2.75, 3.05) is 13.1 Å². The monoisotopic (exact) mass is 257 g/mol. The molecular weight excluding hydrogens is 234 g/mol. The number of carboxylic acids is 1. The Kier molecular flexibility index (Phi) is 5.91. The van der Waals surface area contributed by atoms with Gasteiger partial charge in [-0.25, -0.2) is 4.79 Å². The van der Waals surface area contributed by atoms with Crippen molar-refractivity contribution in [3.8, 4) is 0 Å². The Morgan fingerprint density at radius 2 is 2.06 bits per heavy atom. The number of aliphatic carboxylic acids is 1. The Balaban J connectivity index is 2.42. The summed E-state index contributed by atoms with van der Waals surface area (Å²) in [6.45, 7) is 3.28. The first-order valence-electron chi connectivity index (χ1n) is 6.55. The SMILES string of the molecule is CCCC(CC(=O)O)NC(=O)N1CCC(N)CC1. The lowest BCUT2D eigenvalue weighted by Crippen LogP contribution is -2.50. The minimum Gasteiger partial charge on any atom is -0.481 e. The van der Waals surface area contributed by atoms with Crippen molar-refractivity contribution >= 4 is 12.0 Å². The van der Waals surface area contributed by atoms with E-state index in [1.165, 1.54) is 0 Å². The molecule has 1 fully saturated rings. The number of hydrogen-bond donors (Lipinski definition) is 3. The van der Waals surface area contributed by atoms with Crippen LogP contribution >= 0.6 is 0 Å². The second-order valence-corrected chi connectivity index (χ2v) is 4.86. The molecule has 0 aromatic heterocycles. The van der Waals surface area contributed by atoms with Gasteiger partial charge in [-0.3, -0.25) is 4.79 Å². The first-order chi connectivity index (χ1) is 8.52. The molecule has 1 atom stereocenters. The molecule has 6 heteroatoms. The van der Waals surface area contributed by atoms with E-state index in [4.69, 9.17) is 10.8 Å². The van der Waals surface area contributed by atoms with E-state index in [0.29, 0.717) is 19.5 Å². The number of nitrogens with two attached hydrogens (primary N) is 1. The van der Waals surface area contributed by atoms with Crippen LogP contribution < -0.4 is 11.1 Å². The van der Waals surface area contributed by atoms with Gasteiger partial charge in [-0.15, -0.1) is 0 Å². The predicted molar refractivity (Wildman–Crippen MR) is 68.3 cm³/mol. The van der Waals surface area contributed by atoms with Gasteiger partial charge < -0.3 is 21.1 Å². The van der Waals surface area contributed by atoms with E-state index < -0.39 is 5.97 Å². The molecular formula is C12H23N3O3. The minimum absolute atomic E-state index is 0.0209. The Morgan fingerprint density at radius 1 is 1.44 bits per heavy atom. The summed E-state index contributed by atoms with van der Waals surface area (Å²) in [5.74, 6) is -0.880. The number of urea groups is 1. The summed E-state index contributed by atoms with van der Waals surface area (Å²) in [4.78, 5) is 24.4. The van der Waals surface area contributed by atoms with Gasteiger partial charge in [0.1, 0.15) is 0 Å². The maximum Gasteiger partial charge on any atom is 0.317 e. The second kappa shape index (κ2) is 7.20. The molecule has 0 saturated carbocycles. The van der Waals surface area contributed by atoms with Crippen LogP contribution in [0.25, 0.3) is 0 Å². The summed E-state index contributed by atoms with van der Waals surface area (Å²) >= 11 is 0. The number of carboxylic acid groups (broad SMARTS) is 1. The molecule has 0 aliphatic carbocycles. The summed E-state index contributed by atoms with van der Waals surface area (Å²) in [6.07, 6.45) is 3.14. The zero-order valence-corrected chi connectivity index (χ0v) is 10.9. The molecule has 1 aliphatic heterocycles. The third-order valence-electron chi connectivity index (χ3n) is 3.21. The average molecular weight is 257 g/mol. The van der Waals surface area contributed by atoms with Gasteiger partial charge in [0.05, 0.1) is 6.42 Å². The van der Waals surface area contributed by atoms with Gasteiger partial charge in [0.25, 0.3) is 0 Å². The fourth-order valence-electron chi connectivity index (χ4n) is 2.15. The smallest absolute Gasteiger partial charge is 0.317 e. The summed E-state index contributed by atoms with van der Waals surface area (Å²) < 4.78 is 0. The quantitative estimate of drug-likeness (QED) is 0.677. The molecule has 1 rings (SSSR count). The van der Waals surface area contributed by atoms with Gasteiger partial charge in [0.15, 0.2) is 0 Å². The molecule has 0 bridgehead atoms. The fraction of sp³-hybridized carbons (Fsp3) is 0.833. The van der Waals surface area contributed by atoms with Crippen LogP contribution in [0.5, 0.6) is 0 Å². The molecule has 0 spiro atoms. The molecule has 0 aromatic carbocycles. The maximum atomic E-state index is 12.0. The first-order valence-corrected chi connectivity index (χ1v) is 6.55. The predicted octanol–water partition coefficient (Wildman–Crippen LogP) is 0.763. The van der Waals surface area contributed by atoms with E-state index in [1.807, 2.05) is 6.92 Å². The van der Waals surface area contributed by atoms with Gasteiger partial charge in [-0.1, -0.05) is 13.3 Å². The third-order valence-corrected chi connectivity index (χ3v) is 3.21. The van der Waals surface area contributed by atoms with Crippen LogP contribution in [-0.4, -0.2) is 47.2 Å². The molecule has 0 aromatic rings. The highest BCUT2D eigenvalue weighted by molar-refractivity contribution is 5.76. The molecule has 1 heterocycles. The average Bonchev–Trinajstić information content (AvgIpc) is 2.29. The molecule has 2 amide bonds. The van der Waals surface area contributed by atoms with Crippen molar-refractivity contribution < 1.29 is 14.7 Å². The summed E-state index contributed by atoms with van der Waals surface area (Å²) in [6, 6.07) is -0.267. The van der Waals surface area contributed by atoms with Crippen molar-refractivity contribution in [1.82, 2.24) is 10.2 Å². The number of nitrogens with zero attached hydrogens (tertiary/aromatic N) is 1. The Hall–Kier alpha value is -1.30. The van der Waals surface area contributed by atoms with Crippen molar-refractivity contribution in [2.24, 2.45) is 5.73 Å². The normalized spacial score (nSPS) is 18.4. The van der Waals surface area contributed by atoms with Gasteiger partial charge >= 0.3 is 12.0 Å². The molecule has 6 nitrogen and oxygen atoms in total. The van der Waals surface area contributed by atoms with Crippen molar-refractivity contribution in [3.05, 3.63) is 0 Å². The number of likely N-dealkylation sites (tertiary alicyclic amines) is 1. The van der Waals surface area contributed by atoms with Crippen LogP contribution in [0.3, 0.4) is 0 Å². The number of amides is 2. The topological polar surface area (TPSA) is 95.7 Å². The number of piperidine rings is 1. The van der Waals surface area contributed by atoms with E-state index in [0.717, 1.165) is 19.3 Å². The Labute approximate surface area is 108 Å². The zero-order chi connectivity index (χ0) is 13.5. The van der Waals surface area contributed by atoms with Crippen LogP contribution in [-0.2, 0) is 4.79 Å². The molecule has 1 aliphatic rings. The highest BCUT2D eigenvalue weighted by Gasteiger charge is 2.23. The molecule has 104 valence electrons. The molecule has 4 N–H and O–H groups in total. The third kappa shape index (κ3) is 4.91. The fourth-order valence-corrected chi connectivity index (χ4v) is 2.15. The number of carbonyl (C=O) groups excluding carboxylic acids is 1. The van der Waals surface area contributed by atoms with Gasteiger partial charge in [0, 0.05) is 25.2 Å². The highest BCUT2D eigenvalue weighted by Crippen LogP contribution is 2.09. The van der Waals surface area contributed by atoms with Crippen molar-refractivity contribution in [2.45, 2.75) is 51.1 Å². The van der Waals surface area contributed by atoms with Gasteiger partial charge in [-0.2, -0.15) is 0 Å². The van der Waals surface area contributed by atoms with Crippen molar-refractivity contribution in [3.63, 3.8) is 0 Å². The standard InChI is InChI=1S/C12H23N3O3/c1-2-3-10(8-11(16)17)14-12(18)15-6-4-9(13)5-7-15/h9-10H,2-8,13H2,1H3,(H,14,18)(H,16,17). The van der Waals surface area contributed by atoms with E-state index in [-0.39, 0.29) is 24.5 Å². The van der Waals surface area contributed by atoms with Crippen LogP contribution in [0, 0.1) is 0 Å². The molecule has 18 heavy (non-hydrogen) atoms. The lowest BCUT2D eigenvalue weighted by molar-refractivity contribution is -0.137. The molecule has 1 saturated heterocycles. The Morgan fingerprint density at radius 3 is 2.56 bits per heavy atom. The lowest BCUT2D eigenvalue weighted by atomic mass is 10.1. The number of hydrogen-bond acceptors (Lipinski definition) is 3. The maximum absolute atomic E-state index is 12.0. The van der Waals surface area contributed by atoms with Crippen LogP contribution in [0.15, 0.2) is 0 Å². The second-order valence-electron chi connectivity index (χ2n) is 4.86. The number of nitrogens with one attached hydrogen (secondary N) is 1. The van der Waals surface area contributed by atoms with Crippen molar-refractivity contribution in [1.29, 1.82) is 0 Å².